The highest BCUT2D eigenvalue weighted by molar-refractivity contribution is 5.98. The summed E-state index contributed by atoms with van der Waals surface area (Å²) >= 11 is 0. The Labute approximate surface area is 137 Å². The van der Waals surface area contributed by atoms with Gasteiger partial charge in [0.15, 0.2) is 0 Å². The molecule has 0 aliphatic carbocycles. The SMILES string of the molecule is CCNC(=O)N1CCc2ccc(NC(=O)[C@@H](N)C(C)(C)C)cc21. The second kappa shape index (κ2) is 6.58. The van der Waals surface area contributed by atoms with Crippen LogP contribution in [0.5, 0.6) is 0 Å². The van der Waals surface area contributed by atoms with Gasteiger partial charge in [0.2, 0.25) is 5.91 Å². The first-order valence-electron chi connectivity index (χ1n) is 7.98. The minimum atomic E-state index is -0.602. The van der Waals surface area contributed by atoms with Gasteiger partial charge in [0, 0.05) is 18.8 Å². The zero-order valence-corrected chi connectivity index (χ0v) is 14.3. The van der Waals surface area contributed by atoms with E-state index in [1.165, 1.54) is 0 Å². The van der Waals surface area contributed by atoms with Crippen LogP contribution in [-0.4, -0.2) is 31.1 Å². The first-order chi connectivity index (χ1) is 10.7. The third-order valence-corrected chi connectivity index (χ3v) is 4.04. The van der Waals surface area contributed by atoms with Crippen LogP contribution in [0.3, 0.4) is 0 Å². The predicted octanol–water partition coefficient (Wildman–Crippen LogP) is 2.09. The highest BCUT2D eigenvalue weighted by Gasteiger charge is 2.28. The van der Waals surface area contributed by atoms with Crippen molar-refractivity contribution in [2.24, 2.45) is 11.1 Å². The molecule has 1 atom stereocenters. The maximum atomic E-state index is 12.2. The molecule has 0 radical (unpaired) electrons. The highest BCUT2D eigenvalue weighted by atomic mass is 16.2. The molecular formula is C17H26N4O2. The van der Waals surface area contributed by atoms with Gasteiger partial charge in [-0.2, -0.15) is 0 Å². The number of rotatable bonds is 3. The van der Waals surface area contributed by atoms with Crippen molar-refractivity contribution in [3.63, 3.8) is 0 Å². The zero-order valence-electron chi connectivity index (χ0n) is 14.3. The molecule has 0 unspecified atom stereocenters. The van der Waals surface area contributed by atoms with Crippen LogP contribution >= 0.6 is 0 Å². The molecule has 4 N–H and O–H groups in total. The quantitative estimate of drug-likeness (QED) is 0.797. The van der Waals surface area contributed by atoms with E-state index in [9.17, 15) is 9.59 Å². The van der Waals surface area contributed by atoms with E-state index in [2.05, 4.69) is 10.6 Å². The third kappa shape index (κ3) is 3.82. The smallest absolute Gasteiger partial charge is 0.321 e. The monoisotopic (exact) mass is 318 g/mol. The molecule has 6 heteroatoms. The summed E-state index contributed by atoms with van der Waals surface area (Å²) in [7, 11) is 0. The van der Waals surface area contributed by atoms with Crippen molar-refractivity contribution in [1.29, 1.82) is 0 Å². The number of fused-ring (bicyclic) bond motifs is 1. The van der Waals surface area contributed by atoms with Crippen molar-refractivity contribution in [1.82, 2.24) is 5.32 Å². The average molecular weight is 318 g/mol. The largest absolute Gasteiger partial charge is 0.338 e. The Morgan fingerprint density at radius 2 is 2.04 bits per heavy atom. The lowest BCUT2D eigenvalue weighted by molar-refractivity contribution is -0.119. The Morgan fingerprint density at radius 3 is 2.65 bits per heavy atom. The molecule has 23 heavy (non-hydrogen) atoms. The highest BCUT2D eigenvalue weighted by Crippen LogP contribution is 2.31. The molecule has 0 fully saturated rings. The molecule has 3 amide bonds. The topological polar surface area (TPSA) is 87.5 Å². The number of anilines is 2. The van der Waals surface area contributed by atoms with Crippen LogP contribution in [0.1, 0.15) is 33.3 Å². The predicted molar refractivity (Wildman–Crippen MR) is 92.6 cm³/mol. The fourth-order valence-electron chi connectivity index (χ4n) is 2.53. The summed E-state index contributed by atoms with van der Waals surface area (Å²) in [5, 5.41) is 5.65. The summed E-state index contributed by atoms with van der Waals surface area (Å²) in [6.07, 6.45) is 0.822. The van der Waals surface area contributed by atoms with Gasteiger partial charge in [-0.25, -0.2) is 4.79 Å². The number of benzene rings is 1. The van der Waals surface area contributed by atoms with Gasteiger partial charge in [0.05, 0.1) is 11.7 Å². The van der Waals surface area contributed by atoms with Gasteiger partial charge in [-0.3, -0.25) is 9.69 Å². The standard InChI is InChI=1S/C17H26N4O2/c1-5-19-16(23)21-9-8-11-6-7-12(10-13(11)21)20-15(22)14(18)17(2,3)4/h6-7,10,14H,5,8-9,18H2,1-4H3,(H,19,23)(H,20,22)/t14-/m1/s1. The lowest BCUT2D eigenvalue weighted by Crippen LogP contribution is -2.45. The molecule has 0 saturated heterocycles. The van der Waals surface area contributed by atoms with Crippen LogP contribution in [-0.2, 0) is 11.2 Å². The minimum Gasteiger partial charge on any atom is -0.338 e. The fraction of sp³-hybridized carbons (Fsp3) is 0.529. The van der Waals surface area contributed by atoms with Crippen molar-refractivity contribution in [3.05, 3.63) is 23.8 Å². The van der Waals surface area contributed by atoms with E-state index in [1.807, 2.05) is 45.9 Å². The molecule has 6 nitrogen and oxygen atoms in total. The van der Waals surface area contributed by atoms with Crippen molar-refractivity contribution >= 4 is 23.3 Å². The number of carbonyl (C=O) groups is 2. The Morgan fingerprint density at radius 1 is 1.35 bits per heavy atom. The molecule has 1 aliphatic rings. The normalized spacial score (nSPS) is 15.1. The third-order valence-electron chi connectivity index (χ3n) is 4.04. The second-order valence-corrected chi connectivity index (χ2v) is 6.91. The minimum absolute atomic E-state index is 0.110. The average Bonchev–Trinajstić information content (AvgIpc) is 2.88. The number of nitrogens with two attached hydrogens (primary N) is 1. The van der Waals surface area contributed by atoms with Gasteiger partial charge >= 0.3 is 6.03 Å². The van der Waals surface area contributed by atoms with E-state index in [1.54, 1.807) is 4.90 Å². The number of nitrogens with zero attached hydrogens (tertiary/aromatic N) is 1. The number of carbonyl (C=O) groups excluding carboxylic acids is 2. The summed E-state index contributed by atoms with van der Waals surface area (Å²) in [5.41, 5.74) is 8.28. The molecule has 0 aromatic heterocycles. The van der Waals surface area contributed by atoms with E-state index in [4.69, 9.17) is 5.73 Å². The number of nitrogens with one attached hydrogen (secondary N) is 2. The molecule has 1 aliphatic heterocycles. The Hall–Kier alpha value is -2.08. The molecule has 1 heterocycles. The van der Waals surface area contributed by atoms with Crippen molar-refractivity contribution in [3.8, 4) is 0 Å². The number of hydrogen-bond acceptors (Lipinski definition) is 3. The summed E-state index contributed by atoms with van der Waals surface area (Å²) in [6, 6.07) is 4.93. The van der Waals surface area contributed by atoms with Crippen LogP contribution in [0.25, 0.3) is 0 Å². The van der Waals surface area contributed by atoms with Crippen molar-refractivity contribution in [2.75, 3.05) is 23.3 Å². The van der Waals surface area contributed by atoms with Gasteiger partial charge in [0.1, 0.15) is 0 Å². The molecule has 1 aromatic rings. The number of hydrogen-bond donors (Lipinski definition) is 3. The van der Waals surface area contributed by atoms with Crippen molar-refractivity contribution < 1.29 is 9.59 Å². The molecule has 0 spiro atoms. The van der Waals surface area contributed by atoms with Crippen LogP contribution < -0.4 is 21.3 Å². The molecule has 126 valence electrons. The van der Waals surface area contributed by atoms with Crippen molar-refractivity contribution in [2.45, 2.75) is 40.2 Å². The Kier molecular flexibility index (Phi) is 4.94. The summed E-state index contributed by atoms with van der Waals surface area (Å²) in [4.78, 5) is 26.0. The molecule has 0 saturated carbocycles. The zero-order chi connectivity index (χ0) is 17.2. The first-order valence-corrected chi connectivity index (χ1v) is 7.98. The summed E-state index contributed by atoms with van der Waals surface area (Å²) in [5.74, 6) is -0.222. The van der Waals surface area contributed by atoms with E-state index in [0.717, 1.165) is 17.7 Å². The molecule has 0 bridgehead atoms. The lowest BCUT2D eigenvalue weighted by Gasteiger charge is -2.26. The van der Waals surface area contributed by atoms with Crippen LogP contribution in [0.2, 0.25) is 0 Å². The van der Waals surface area contributed by atoms with Crippen LogP contribution in [0, 0.1) is 5.41 Å². The maximum Gasteiger partial charge on any atom is 0.321 e. The van der Waals surface area contributed by atoms with Gasteiger partial charge < -0.3 is 16.4 Å². The van der Waals surface area contributed by atoms with E-state index in [-0.39, 0.29) is 17.4 Å². The summed E-state index contributed by atoms with van der Waals surface area (Å²) in [6.45, 7) is 8.91. The van der Waals surface area contributed by atoms with Gasteiger partial charge in [-0.05, 0) is 36.5 Å². The molecular weight excluding hydrogens is 292 g/mol. The fourth-order valence-corrected chi connectivity index (χ4v) is 2.53. The first kappa shape index (κ1) is 17.3. The van der Waals surface area contributed by atoms with Crippen LogP contribution in [0.15, 0.2) is 18.2 Å². The second-order valence-electron chi connectivity index (χ2n) is 6.91. The lowest BCUT2D eigenvalue weighted by atomic mass is 9.87. The van der Waals surface area contributed by atoms with Gasteiger partial charge in [-0.1, -0.05) is 26.8 Å². The molecule has 2 rings (SSSR count). The molecule has 1 aromatic carbocycles. The number of amides is 3. The van der Waals surface area contributed by atoms with E-state index >= 15 is 0 Å². The van der Waals surface area contributed by atoms with E-state index < -0.39 is 6.04 Å². The van der Waals surface area contributed by atoms with E-state index in [0.29, 0.717) is 18.8 Å². The van der Waals surface area contributed by atoms with Gasteiger partial charge in [-0.15, -0.1) is 0 Å². The Bertz CT molecular complexity index is 607. The van der Waals surface area contributed by atoms with Gasteiger partial charge in [0.25, 0.3) is 0 Å². The Balaban J connectivity index is 2.16. The maximum absolute atomic E-state index is 12.2. The number of urea groups is 1. The summed E-state index contributed by atoms with van der Waals surface area (Å²) < 4.78 is 0. The van der Waals surface area contributed by atoms with Crippen LogP contribution in [0.4, 0.5) is 16.2 Å².